The van der Waals surface area contributed by atoms with E-state index in [9.17, 15) is 0 Å². The third-order valence-corrected chi connectivity index (χ3v) is 3.32. The Bertz CT molecular complexity index is 377. The first-order valence-corrected chi connectivity index (χ1v) is 6.29. The van der Waals surface area contributed by atoms with Gasteiger partial charge < -0.3 is 5.32 Å². The van der Waals surface area contributed by atoms with Gasteiger partial charge >= 0.3 is 0 Å². The summed E-state index contributed by atoms with van der Waals surface area (Å²) in [5.74, 6) is 0.715. The van der Waals surface area contributed by atoms with Gasteiger partial charge in [0, 0.05) is 18.8 Å². The lowest BCUT2D eigenvalue weighted by Gasteiger charge is -2.22. The lowest BCUT2D eigenvalue weighted by Crippen LogP contribution is -2.32. The molecule has 17 heavy (non-hydrogen) atoms. The summed E-state index contributed by atoms with van der Waals surface area (Å²) in [6.07, 6.45) is 4.09. The lowest BCUT2D eigenvalue weighted by atomic mass is 9.95. The number of hydrogen-bond acceptors (Lipinski definition) is 3. The fourth-order valence-electron chi connectivity index (χ4n) is 2.09. The average molecular weight is 231 g/mol. The fourth-order valence-corrected chi connectivity index (χ4v) is 2.09. The highest BCUT2D eigenvalue weighted by Crippen LogP contribution is 2.13. The summed E-state index contributed by atoms with van der Waals surface area (Å²) in [5, 5.41) is 12.3. The monoisotopic (exact) mass is 231 g/mol. The second-order valence-corrected chi connectivity index (χ2v) is 4.41. The normalized spacial score (nSPS) is 12.4. The molecule has 0 amide bonds. The van der Waals surface area contributed by atoms with Gasteiger partial charge in [-0.05, 0) is 30.5 Å². The Morgan fingerprint density at radius 3 is 2.71 bits per heavy atom. The number of aromatic nitrogens is 1. The fraction of sp³-hybridized carbons (Fsp3) is 0.571. The van der Waals surface area contributed by atoms with Gasteiger partial charge in [-0.3, -0.25) is 0 Å². The van der Waals surface area contributed by atoms with Gasteiger partial charge in [0.25, 0.3) is 0 Å². The van der Waals surface area contributed by atoms with Crippen molar-refractivity contribution in [2.24, 2.45) is 5.92 Å². The number of nitrogens with zero attached hydrogens (tertiary/aromatic N) is 2. The molecule has 0 aliphatic carbocycles. The molecule has 1 aromatic heterocycles. The molecular formula is C14H21N3. The van der Waals surface area contributed by atoms with Crippen molar-refractivity contribution >= 4 is 0 Å². The summed E-state index contributed by atoms with van der Waals surface area (Å²) < 4.78 is 0. The third kappa shape index (κ3) is 4.16. The highest BCUT2D eigenvalue weighted by Gasteiger charge is 2.12. The first kappa shape index (κ1) is 13.7. The lowest BCUT2D eigenvalue weighted by molar-refractivity contribution is 0.353. The standard InChI is InChI=1S/C14H21N3/c1-4-13(5-2)11(3)17-10-12-6-7-16-14(8-12)9-15/h6-8,11,13,17H,4-5,10H2,1-3H3. The molecule has 1 N–H and O–H groups in total. The highest BCUT2D eigenvalue weighted by atomic mass is 14.9. The van der Waals surface area contributed by atoms with Gasteiger partial charge in [0.2, 0.25) is 0 Å². The van der Waals surface area contributed by atoms with Crippen molar-refractivity contribution in [3.05, 3.63) is 29.6 Å². The molecule has 0 radical (unpaired) electrons. The number of rotatable bonds is 6. The second-order valence-electron chi connectivity index (χ2n) is 4.41. The van der Waals surface area contributed by atoms with E-state index in [4.69, 9.17) is 5.26 Å². The van der Waals surface area contributed by atoms with E-state index in [1.807, 2.05) is 12.1 Å². The Hall–Kier alpha value is -1.40. The molecule has 1 unspecified atom stereocenters. The highest BCUT2D eigenvalue weighted by molar-refractivity contribution is 5.25. The topological polar surface area (TPSA) is 48.7 Å². The zero-order valence-electron chi connectivity index (χ0n) is 10.9. The third-order valence-electron chi connectivity index (χ3n) is 3.32. The maximum Gasteiger partial charge on any atom is 0.140 e. The molecule has 0 fully saturated rings. The van der Waals surface area contributed by atoms with Gasteiger partial charge in [-0.1, -0.05) is 26.7 Å². The van der Waals surface area contributed by atoms with Crippen LogP contribution in [-0.2, 0) is 6.54 Å². The van der Waals surface area contributed by atoms with Crippen LogP contribution in [0.2, 0.25) is 0 Å². The van der Waals surface area contributed by atoms with Crippen molar-refractivity contribution in [3.63, 3.8) is 0 Å². The van der Waals surface area contributed by atoms with Crippen molar-refractivity contribution in [2.45, 2.75) is 46.2 Å². The molecule has 1 heterocycles. The predicted molar refractivity (Wildman–Crippen MR) is 69.3 cm³/mol. The van der Waals surface area contributed by atoms with Crippen LogP contribution in [0.5, 0.6) is 0 Å². The van der Waals surface area contributed by atoms with Gasteiger partial charge in [0.1, 0.15) is 11.8 Å². The molecular weight excluding hydrogens is 210 g/mol. The van der Waals surface area contributed by atoms with E-state index in [0.717, 1.165) is 12.1 Å². The van der Waals surface area contributed by atoms with E-state index in [-0.39, 0.29) is 0 Å². The first-order valence-electron chi connectivity index (χ1n) is 6.29. The molecule has 1 rings (SSSR count). The molecule has 0 aromatic carbocycles. The van der Waals surface area contributed by atoms with Crippen LogP contribution < -0.4 is 5.32 Å². The molecule has 0 aliphatic rings. The smallest absolute Gasteiger partial charge is 0.140 e. The number of pyridine rings is 1. The van der Waals surface area contributed by atoms with Crippen LogP contribution in [0.4, 0.5) is 0 Å². The van der Waals surface area contributed by atoms with Crippen LogP contribution in [0, 0.1) is 17.2 Å². The van der Waals surface area contributed by atoms with Crippen molar-refractivity contribution in [3.8, 4) is 6.07 Å². The Balaban J connectivity index is 2.52. The molecule has 0 saturated heterocycles. The molecule has 1 aromatic rings. The van der Waals surface area contributed by atoms with Crippen molar-refractivity contribution in [1.29, 1.82) is 5.26 Å². The van der Waals surface area contributed by atoms with Crippen LogP contribution in [-0.4, -0.2) is 11.0 Å². The minimum Gasteiger partial charge on any atom is -0.310 e. The van der Waals surface area contributed by atoms with Gasteiger partial charge in [-0.15, -0.1) is 0 Å². The SMILES string of the molecule is CCC(CC)C(C)NCc1ccnc(C#N)c1. The van der Waals surface area contributed by atoms with Gasteiger partial charge in [0.05, 0.1) is 0 Å². The minimum absolute atomic E-state index is 0.486. The quantitative estimate of drug-likeness (QED) is 0.819. The Morgan fingerprint density at radius 2 is 2.12 bits per heavy atom. The summed E-state index contributed by atoms with van der Waals surface area (Å²) in [7, 11) is 0. The number of nitrogens with one attached hydrogen (secondary N) is 1. The number of hydrogen-bond donors (Lipinski definition) is 1. The molecule has 0 spiro atoms. The van der Waals surface area contributed by atoms with Crippen LogP contribution in [0.1, 0.15) is 44.9 Å². The van der Waals surface area contributed by atoms with E-state index >= 15 is 0 Å². The van der Waals surface area contributed by atoms with E-state index in [1.165, 1.54) is 12.8 Å². The summed E-state index contributed by atoms with van der Waals surface area (Å²) in [5.41, 5.74) is 1.61. The van der Waals surface area contributed by atoms with Crippen molar-refractivity contribution < 1.29 is 0 Å². The van der Waals surface area contributed by atoms with Crippen LogP contribution in [0.3, 0.4) is 0 Å². The van der Waals surface area contributed by atoms with Gasteiger partial charge in [0.15, 0.2) is 0 Å². The first-order chi connectivity index (χ1) is 8.21. The largest absolute Gasteiger partial charge is 0.310 e. The van der Waals surface area contributed by atoms with E-state index in [1.54, 1.807) is 6.20 Å². The summed E-state index contributed by atoms with van der Waals surface area (Å²) in [4.78, 5) is 3.96. The Morgan fingerprint density at radius 1 is 1.41 bits per heavy atom. The van der Waals surface area contributed by atoms with Crippen molar-refractivity contribution in [1.82, 2.24) is 10.3 Å². The summed E-state index contributed by atoms with van der Waals surface area (Å²) >= 11 is 0. The zero-order chi connectivity index (χ0) is 12.7. The van der Waals surface area contributed by atoms with Gasteiger partial charge in [-0.2, -0.15) is 5.26 Å². The zero-order valence-corrected chi connectivity index (χ0v) is 10.9. The Labute approximate surface area is 104 Å². The van der Waals surface area contributed by atoms with E-state index in [2.05, 4.69) is 37.1 Å². The molecule has 3 heteroatoms. The molecule has 0 aliphatic heterocycles. The van der Waals surface area contributed by atoms with E-state index < -0.39 is 0 Å². The predicted octanol–water partition coefficient (Wildman–Crippen LogP) is 2.87. The maximum absolute atomic E-state index is 8.77. The average Bonchev–Trinajstić information content (AvgIpc) is 2.38. The summed E-state index contributed by atoms with van der Waals surface area (Å²) in [6.45, 7) is 7.48. The van der Waals surface area contributed by atoms with Crippen LogP contribution in [0.25, 0.3) is 0 Å². The Kier molecular flexibility index (Phi) is 5.65. The van der Waals surface area contributed by atoms with Crippen LogP contribution in [0.15, 0.2) is 18.3 Å². The summed E-state index contributed by atoms with van der Waals surface area (Å²) in [6, 6.07) is 6.36. The van der Waals surface area contributed by atoms with Crippen molar-refractivity contribution in [2.75, 3.05) is 0 Å². The second kappa shape index (κ2) is 7.03. The number of nitriles is 1. The molecule has 1 atom stereocenters. The van der Waals surface area contributed by atoms with Crippen LogP contribution >= 0.6 is 0 Å². The molecule has 3 nitrogen and oxygen atoms in total. The van der Waals surface area contributed by atoms with Gasteiger partial charge in [-0.25, -0.2) is 4.98 Å². The maximum atomic E-state index is 8.77. The van der Waals surface area contributed by atoms with E-state index in [0.29, 0.717) is 17.7 Å². The minimum atomic E-state index is 0.486. The molecule has 0 saturated carbocycles. The molecule has 92 valence electrons. The molecule has 0 bridgehead atoms.